The van der Waals surface area contributed by atoms with E-state index in [9.17, 15) is 0 Å². The lowest BCUT2D eigenvalue weighted by atomic mass is 10.3. The van der Waals surface area contributed by atoms with E-state index in [1.54, 1.807) is 0 Å². The number of nitrogens with zero attached hydrogens (tertiary/aromatic N) is 1. The van der Waals surface area contributed by atoms with E-state index in [2.05, 4.69) is 25.8 Å². The molecule has 2 heteroatoms. The van der Waals surface area contributed by atoms with Gasteiger partial charge in [-0.1, -0.05) is 20.3 Å². The Hall–Kier alpha value is -0.0800. The van der Waals surface area contributed by atoms with Crippen LogP contribution in [-0.4, -0.2) is 36.2 Å². The molecular weight excluding hydrogens is 138 g/mol. The summed E-state index contributed by atoms with van der Waals surface area (Å²) in [4.78, 5) is 2.28. The molecule has 0 spiro atoms. The predicted molar refractivity (Wildman–Crippen MR) is 46.4 cm³/mol. The van der Waals surface area contributed by atoms with Crippen molar-refractivity contribution in [2.45, 2.75) is 26.3 Å². The van der Waals surface area contributed by atoms with Crippen molar-refractivity contribution in [1.82, 2.24) is 4.90 Å². The zero-order valence-electron chi connectivity index (χ0n) is 7.75. The van der Waals surface area contributed by atoms with Crippen molar-refractivity contribution >= 4 is 0 Å². The van der Waals surface area contributed by atoms with Gasteiger partial charge in [0.25, 0.3) is 0 Å². The molecule has 11 heavy (non-hydrogen) atoms. The van der Waals surface area contributed by atoms with Gasteiger partial charge in [0.2, 0.25) is 0 Å². The Bertz CT molecular complexity index is 127. The highest BCUT2D eigenvalue weighted by atomic mass is 16.3. The molecule has 0 heterocycles. The lowest BCUT2D eigenvalue weighted by molar-refractivity contribution is 0.207. The first-order valence-corrected chi connectivity index (χ1v) is 4.53. The zero-order valence-corrected chi connectivity index (χ0v) is 7.75. The third-order valence-electron chi connectivity index (χ3n) is 2.94. The van der Waals surface area contributed by atoms with E-state index in [-0.39, 0.29) is 6.61 Å². The van der Waals surface area contributed by atoms with Gasteiger partial charge in [-0.25, -0.2) is 0 Å². The fraction of sp³-hybridized carbons (Fsp3) is 1.00. The normalized spacial score (nSPS) is 36.3. The summed E-state index contributed by atoms with van der Waals surface area (Å²) in [7, 11) is 2.10. The van der Waals surface area contributed by atoms with Crippen molar-refractivity contribution in [2.75, 3.05) is 20.2 Å². The summed E-state index contributed by atoms with van der Waals surface area (Å²) >= 11 is 0. The summed E-state index contributed by atoms with van der Waals surface area (Å²) in [6.07, 6.45) is 1.28. The highest BCUT2D eigenvalue weighted by molar-refractivity contribution is 4.99. The minimum absolute atomic E-state index is 0.288. The fourth-order valence-electron chi connectivity index (χ4n) is 2.17. The topological polar surface area (TPSA) is 23.5 Å². The SMILES string of the molecule is CCC1C(C)C1N(C)CCO. The molecule has 0 aromatic heterocycles. The first kappa shape index (κ1) is 9.01. The standard InChI is InChI=1S/C9H19NO/c1-4-8-7(2)9(8)10(3)5-6-11/h7-9,11H,4-6H2,1-3H3. The maximum absolute atomic E-state index is 8.72. The van der Waals surface area contributed by atoms with Crippen LogP contribution >= 0.6 is 0 Å². The smallest absolute Gasteiger partial charge is 0.0558 e. The molecule has 3 atom stereocenters. The monoisotopic (exact) mass is 157 g/mol. The van der Waals surface area contributed by atoms with Crippen LogP contribution in [0.1, 0.15) is 20.3 Å². The molecule has 0 aromatic rings. The summed E-state index contributed by atoms with van der Waals surface area (Å²) in [5.41, 5.74) is 0. The summed E-state index contributed by atoms with van der Waals surface area (Å²) in [6.45, 7) is 5.66. The number of likely N-dealkylation sites (N-methyl/N-ethyl adjacent to an activating group) is 1. The minimum Gasteiger partial charge on any atom is -0.395 e. The molecule has 0 radical (unpaired) electrons. The van der Waals surface area contributed by atoms with Gasteiger partial charge in [0.05, 0.1) is 6.61 Å². The average molecular weight is 157 g/mol. The molecule has 1 aliphatic carbocycles. The molecule has 1 aliphatic rings. The molecule has 0 amide bonds. The Morgan fingerprint density at radius 2 is 2.09 bits per heavy atom. The molecule has 1 rings (SSSR count). The second-order valence-electron chi connectivity index (χ2n) is 3.63. The van der Waals surface area contributed by atoms with Crippen molar-refractivity contribution in [3.63, 3.8) is 0 Å². The average Bonchev–Trinajstić information content (AvgIpc) is 2.61. The largest absolute Gasteiger partial charge is 0.395 e. The van der Waals surface area contributed by atoms with Gasteiger partial charge in [-0.05, 0) is 18.9 Å². The van der Waals surface area contributed by atoms with Crippen molar-refractivity contribution < 1.29 is 5.11 Å². The Morgan fingerprint density at radius 3 is 2.45 bits per heavy atom. The summed E-state index contributed by atoms with van der Waals surface area (Å²) in [6, 6.07) is 0.743. The number of aliphatic hydroxyl groups excluding tert-OH is 1. The summed E-state index contributed by atoms with van der Waals surface area (Å²) < 4.78 is 0. The lowest BCUT2D eigenvalue weighted by Crippen LogP contribution is -2.26. The lowest BCUT2D eigenvalue weighted by Gasteiger charge is -2.14. The van der Waals surface area contributed by atoms with E-state index in [1.807, 2.05) is 0 Å². The third-order valence-corrected chi connectivity index (χ3v) is 2.94. The van der Waals surface area contributed by atoms with Crippen molar-refractivity contribution in [1.29, 1.82) is 0 Å². The van der Waals surface area contributed by atoms with Crippen molar-refractivity contribution in [3.8, 4) is 0 Å². The molecule has 0 saturated heterocycles. The quantitative estimate of drug-likeness (QED) is 0.657. The Kier molecular flexibility index (Phi) is 2.90. The Morgan fingerprint density at radius 1 is 1.45 bits per heavy atom. The van der Waals surface area contributed by atoms with Gasteiger partial charge in [0.1, 0.15) is 0 Å². The minimum atomic E-state index is 0.288. The highest BCUT2D eigenvalue weighted by Gasteiger charge is 2.47. The molecule has 0 bridgehead atoms. The van der Waals surface area contributed by atoms with Crippen LogP contribution < -0.4 is 0 Å². The molecule has 1 N–H and O–H groups in total. The van der Waals surface area contributed by atoms with Crippen LogP contribution in [0.2, 0.25) is 0 Å². The number of hydrogen-bond acceptors (Lipinski definition) is 2. The van der Waals surface area contributed by atoms with Crippen LogP contribution in [0.15, 0.2) is 0 Å². The van der Waals surface area contributed by atoms with E-state index in [0.717, 1.165) is 24.4 Å². The van der Waals surface area contributed by atoms with E-state index >= 15 is 0 Å². The van der Waals surface area contributed by atoms with Crippen LogP contribution in [0.4, 0.5) is 0 Å². The van der Waals surface area contributed by atoms with Crippen molar-refractivity contribution in [3.05, 3.63) is 0 Å². The summed E-state index contributed by atoms with van der Waals surface area (Å²) in [5.74, 6) is 1.73. The highest BCUT2D eigenvalue weighted by Crippen LogP contribution is 2.44. The van der Waals surface area contributed by atoms with Crippen molar-refractivity contribution in [2.24, 2.45) is 11.8 Å². The molecular formula is C9H19NO. The maximum atomic E-state index is 8.72. The molecule has 2 nitrogen and oxygen atoms in total. The number of aliphatic hydroxyl groups is 1. The number of hydrogen-bond donors (Lipinski definition) is 1. The van der Waals surface area contributed by atoms with Crippen LogP contribution in [0.25, 0.3) is 0 Å². The van der Waals surface area contributed by atoms with Crippen LogP contribution in [-0.2, 0) is 0 Å². The van der Waals surface area contributed by atoms with Gasteiger partial charge in [-0.15, -0.1) is 0 Å². The molecule has 66 valence electrons. The second-order valence-corrected chi connectivity index (χ2v) is 3.63. The maximum Gasteiger partial charge on any atom is 0.0558 e. The van der Waals surface area contributed by atoms with E-state index in [0.29, 0.717) is 0 Å². The Balaban J connectivity index is 2.27. The van der Waals surface area contributed by atoms with Crippen LogP contribution in [0.3, 0.4) is 0 Å². The predicted octanol–water partition coefficient (Wildman–Crippen LogP) is 0.955. The second kappa shape index (κ2) is 3.55. The van der Waals surface area contributed by atoms with Crippen LogP contribution in [0, 0.1) is 11.8 Å². The van der Waals surface area contributed by atoms with Gasteiger partial charge < -0.3 is 10.0 Å². The van der Waals surface area contributed by atoms with E-state index in [4.69, 9.17) is 5.11 Å². The molecule has 0 aromatic carbocycles. The van der Waals surface area contributed by atoms with E-state index < -0.39 is 0 Å². The zero-order chi connectivity index (χ0) is 8.43. The van der Waals surface area contributed by atoms with Gasteiger partial charge in [-0.3, -0.25) is 0 Å². The molecule has 0 aliphatic heterocycles. The van der Waals surface area contributed by atoms with Gasteiger partial charge in [-0.2, -0.15) is 0 Å². The van der Waals surface area contributed by atoms with Gasteiger partial charge in [0.15, 0.2) is 0 Å². The molecule has 1 fully saturated rings. The van der Waals surface area contributed by atoms with E-state index in [1.165, 1.54) is 6.42 Å². The molecule has 3 unspecified atom stereocenters. The Labute approximate surface area is 69.2 Å². The molecule has 1 saturated carbocycles. The van der Waals surface area contributed by atoms with Gasteiger partial charge in [0, 0.05) is 12.6 Å². The van der Waals surface area contributed by atoms with Gasteiger partial charge >= 0.3 is 0 Å². The van der Waals surface area contributed by atoms with Crippen LogP contribution in [0.5, 0.6) is 0 Å². The fourth-order valence-corrected chi connectivity index (χ4v) is 2.17. The number of rotatable bonds is 4. The first-order chi connectivity index (χ1) is 5.22. The third kappa shape index (κ3) is 1.74. The summed E-state index contributed by atoms with van der Waals surface area (Å²) in [5, 5.41) is 8.72. The first-order valence-electron chi connectivity index (χ1n) is 4.53.